The van der Waals surface area contributed by atoms with Gasteiger partial charge < -0.3 is 10.5 Å². The molecule has 0 atom stereocenters. The summed E-state index contributed by atoms with van der Waals surface area (Å²) in [4.78, 5) is 0. The van der Waals surface area contributed by atoms with Gasteiger partial charge in [-0.2, -0.15) is 0 Å². The van der Waals surface area contributed by atoms with E-state index in [9.17, 15) is 0 Å². The molecule has 0 radical (unpaired) electrons. The lowest BCUT2D eigenvalue weighted by atomic mass is 9.82. The smallest absolute Gasteiger partial charge is 0.123 e. The van der Waals surface area contributed by atoms with Gasteiger partial charge in [0.2, 0.25) is 0 Å². The monoisotopic (exact) mass is 221 g/mol. The van der Waals surface area contributed by atoms with Crippen molar-refractivity contribution < 1.29 is 4.74 Å². The Morgan fingerprint density at radius 3 is 2.19 bits per heavy atom. The lowest BCUT2D eigenvalue weighted by Crippen LogP contribution is -2.36. The first-order valence-electron chi connectivity index (χ1n) is 6.10. The van der Waals surface area contributed by atoms with Crippen LogP contribution in [0.25, 0.3) is 0 Å². The van der Waals surface area contributed by atoms with Gasteiger partial charge in [0.25, 0.3) is 0 Å². The molecular formula is C14H23NO. The Kier molecular flexibility index (Phi) is 4.81. The van der Waals surface area contributed by atoms with Crippen LogP contribution in [0.5, 0.6) is 5.75 Å². The molecule has 0 saturated carbocycles. The van der Waals surface area contributed by atoms with E-state index in [-0.39, 0.29) is 5.54 Å². The fourth-order valence-corrected chi connectivity index (χ4v) is 2.34. The van der Waals surface area contributed by atoms with Crippen molar-refractivity contribution in [1.29, 1.82) is 0 Å². The van der Waals surface area contributed by atoms with Crippen LogP contribution < -0.4 is 10.5 Å². The van der Waals surface area contributed by atoms with Gasteiger partial charge >= 0.3 is 0 Å². The Bertz CT molecular complexity index is 316. The molecule has 2 nitrogen and oxygen atoms in total. The maximum Gasteiger partial charge on any atom is 0.123 e. The molecule has 0 unspecified atom stereocenters. The van der Waals surface area contributed by atoms with Gasteiger partial charge in [0.05, 0.1) is 7.11 Å². The second kappa shape index (κ2) is 5.90. The number of hydrogen-bond donors (Lipinski definition) is 1. The van der Waals surface area contributed by atoms with Crippen LogP contribution in [0.15, 0.2) is 24.3 Å². The fraction of sp³-hybridized carbons (Fsp3) is 0.571. The van der Waals surface area contributed by atoms with E-state index in [2.05, 4.69) is 19.9 Å². The number of hydrogen-bond acceptors (Lipinski definition) is 2. The van der Waals surface area contributed by atoms with Crippen LogP contribution in [0.1, 0.15) is 45.1 Å². The van der Waals surface area contributed by atoms with E-state index in [1.54, 1.807) is 7.11 Å². The summed E-state index contributed by atoms with van der Waals surface area (Å²) >= 11 is 0. The molecule has 0 fully saturated rings. The van der Waals surface area contributed by atoms with Gasteiger partial charge in [-0.25, -0.2) is 0 Å². The summed E-state index contributed by atoms with van der Waals surface area (Å²) in [7, 11) is 1.71. The Labute approximate surface area is 98.8 Å². The van der Waals surface area contributed by atoms with Crippen molar-refractivity contribution in [3.05, 3.63) is 29.8 Å². The zero-order valence-corrected chi connectivity index (χ0v) is 10.6. The van der Waals surface area contributed by atoms with Gasteiger partial charge in [0, 0.05) is 11.1 Å². The van der Waals surface area contributed by atoms with Crippen molar-refractivity contribution in [3.8, 4) is 5.75 Å². The zero-order valence-electron chi connectivity index (χ0n) is 10.6. The van der Waals surface area contributed by atoms with Crippen LogP contribution in [0.3, 0.4) is 0 Å². The topological polar surface area (TPSA) is 35.2 Å². The summed E-state index contributed by atoms with van der Waals surface area (Å²) in [6, 6.07) is 8.10. The first-order valence-corrected chi connectivity index (χ1v) is 6.10. The molecule has 2 heteroatoms. The fourth-order valence-electron chi connectivity index (χ4n) is 2.34. The minimum atomic E-state index is -0.240. The highest BCUT2D eigenvalue weighted by Crippen LogP contribution is 2.34. The molecule has 0 aliphatic heterocycles. The molecule has 0 bridgehead atoms. The Morgan fingerprint density at radius 2 is 1.69 bits per heavy atom. The third-order valence-corrected chi connectivity index (χ3v) is 3.04. The summed E-state index contributed by atoms with van der Waals surface area (Å²) in [5.74, 6) is 0.909. The molecule has 90 valence electrons. The minimum absolute atomic E-state index is 0.240. The van der Waals surface area contributed by atoms with E-state index in [0.29, 0.717) is 0 Å². The first kappa shape index (κ1) is 13.0. The molecule has 0 aliphatic rings. The molecule has 1 aromatic rings. The molecule has 0 amide bonds. The number of ether oxygens (including phenoxy) is 1. The van der Waals surface area contributed by atoms with Crippen molar-refractivity contribution in [2.75, 3.05) is 7.11 Å². The zero-order chi connectivity index (χ0) is 12.0. The highest BCUT2D eigenvalue weighted by molar-refractivity contribution is 5.38. The molecular weight excluding hydrogens is 198 g/mol. The molecule has 2 N–H and O–H groups in total. The van der Waals surface area contributed by atoms with Gasteiger partial charge in [-0.05, 0) is 18.9 Å². The molecule has 1 rings (SSSR count). The van der Waals surface area contributed by atoms with Crippen molar-refractivity contribution in [2.45, 2.75) is 45.1 Å². The average molecular weight is 221 g/mol. The van der Waals surface area contributed by atoms with E-state index in [1.165, 1.54) is 0 Å². The van der Waals surface area contributed by atoms with Gasteiger partial charge in [-0.3, -0.25) is 0 Å². The van der Waals surface area contributed by atoms with Crippen LogP contribution in [0.4, 0.5) is 0 Å². The lowest BCUT2D eigenvalue weighted by Gasteiger charge is -2.31. The second-order valence-electron chi connectivity index (χ2n) is 4.36. The highest BCUT2D eigenvalue weighted by atomic mass is 16.5. The van der Waals surface area contributed by atoms with Gasteiger partial charge in [-0.1, -0.05) is 44.9 Å². The highest BCUT2D eigenvalue weighted by Gasteiger charge is 2.28. The molecule has 0 aromatic heterocycles. The van der Waals surface area contributed by atoms with E-state index in [4.69, 9.17) is 10.5 Å². The normalized spacial score (nSPS) is 11.5. The van der Waals surface area contributed by atoms with Crippen LogP contribution in [-0.2, 0) is 5.54 Å². The number of benzene rings is 1. The van der Waals surface area contributed by atoms with Gasteiger partial charge in [0.1, 0.15) is 5.75 Å². The number of nitrogens with two attached hydrogens (primary N) is 1. The third-order valence-electron chi connectivity index (χ3n) is 3.04. The molecule has 0 heterocycles. The van der Waals surface area contributed by atoms with Crippen molar-refractivity contribution in [3.63, 3.8) is 0 Å². The predicted octanol–water partition coefficient (Wildman–Crippen LogP) is 3.45. The van der Waals surface area contributed by atoms with E-state index in [0.717, 1.165) is 37.0 Å². The number of methoxy groups -OCH3 is 1. The Balaban J connectivity index is 3.09. The predicted molar refractivity (Wildman–Crippen MR) is 68.7 cm³/mol. The van der Waals surface area contributed by atoms with Crippen molar-refractivity contribution in [2.24, 2.45) is 5.73 Å². The summed E-state index contributed by atoms with van der Waals surface area (Å²) in [6.07, 6.45) is 4.19. The first-order chi connectivity index (χ1) is 7.68. The average Bonchev–Trinajstić information content (AvgIpc) is 2.29. The quantitative estimate of drug-likeness (QED) is 0.798. The van der Waals surface area contributed by atoms with Crippen LogP contribution in [-0.4, -0.2) is 7.11 Å². The van der Waals surface area contributed by atoms with E-state index in [1.807, 2.05) is 18.2 Å². The summed E-state index contributed by atoms with van der Waals surface area (Å²) in [5, 5.41) is 0. The Hall–Kier alpha value is -1.02. The van der Waals surface area contributed by atoms with Crippen LogP contribution in [0, 0.1) is 0 Å². The molecule has 1 aromatic carbocycles. The van der Waals surface area contributed by atoms with Crippen molar-refractivity contribution in [1.82, 2.24) is 0 Å². The SMILES string of the molecule is CCCC(N)(CCC)c1ccccc1OC. The van der Waals surface area contributed by atoms with E-state index < -0.39 is 0 Å². The maximum atomic E-state index is 6.54. The second-order valence-corrected chi connectivity index (χ2v) is 4.36. The van der Waals surface area contributed by atoms with Gasteiger partial charge in [0.15, 0.2) is 0 Å². The molecule has 0 aliphatic carbocycles. The summed E-state index contributed by atoms with van der Waals surface area (Å²) < 4.78 is 5.40. The maximum absolute atomic E-state index is 6.54. The standard InChI is InChI=1S/C14H23NO/c1-4-10-14(15,11-5-2)12-8-6-7-9-13(12)16-3/h6-9H,4-5,10-11,15H2,1-3H3. The van der Waals surface area contributed by atoms with E-state index >= 15 is 0 Å². The van der Waals surface area contributed by atoms with Gasteiger partial charge in [-0.15, -0.1) is 0 Å². The summed E-state index contributed by atoms with van der Waals surface area (Å²) in [5.41, 5.74) is 7.44. The molecule has 0 spiro atoms. The third kappa shape index (κ3) is 2.76. The number of rotatable bonds is 6. The van der Waals surface area contributed by atoms with Crippen LogP contribution >= 0.6 is 0 Å². The molecule has 16 heavy (non-hydrogen) atoms. The summed E-state index contributed by atoms with van der Waals surface area (Å²) in [6.45, 7) is 4.35. The minimum Gasteiger partial charge on any atom is -0.496 e. The number of para-hydroxylation sites is 1. The lowest BCUT2D eigenvalue weighted by molar-refractivity contribution is 0.339. The largest absolute Gasteiger partial charge is 0.496 e. The Morgan fingerprint density at radius 1 is 1.12 bits per heavy atom. The molecule has 0 saturated heterocycles. The van der Waals surface area contributed by atoms with Crippen molar-refractivity contribution >= 4 is 0 Å². The van der Waals surface area contributed by atoms with Crippen LogP contribution in [0.2, 0.25) is 0 Å².